The summed E-state index contributed by atoms with van der Waals surface area (Å²) in [5.41, 5.74) is 5.53. The average molecular weight is 638 g/mol. The van der Waals surface area contributed by atoms with Gasteiger partial charge in [0.2, 0.25) is 0 Å². The molecule has 1 amide bonds. The zero-order valence-corrected chi connectivity index (χ0v) is 26.2. The van der Waals surface area contributed by atoms with E-state index in [4.69, 9.17) is 38.4 Å². The molecule has 0 radical (unpaired) electrons. The van der Waals surface area contributed by atoms with Crippen molar-refractivity contribution in [1.82, 2.24) is 14.7 Å². The Labute approximate surface area is 270 Å². The summed E-state index contributed by atoms with van der Waals surface area (Å²) in [4.78, 5) is 15.7. The molecule has 0 aliphatic carbocycles. The quantitative estimate of drug-likeness (QED) is 0.114. The molecule has 5 aromatic rings. The number of halogens is 1. The predicted molar refractivity (Wildman–Crippen MR) is 181 cm³/mol. The number of aromatic nitrogens is 2. The van der Waals surface area contributed by atoms with E-state index in [2.05, 4.69) is 0 Å². The monoisotopic (exact) mass is 637 g/mol. The number of amides is 1. The van der Waals surface area contributed by atoms with Crippen molar-refractivity contribution in [2.45, 2.75) is 13.0 Å². The Bertz CT molecular complexity index is 1800. The lowest BCUT2D eigenvalue weighted by atomic mass is 10.1. The number of thioether (sulfide) groups is 1. The topological polar surface area (TPSA) is 56.6 Å². The molecule has 0 atom stereocenters. The normalized spacial score (nSPS) is 14.0. The minimum Gasteiger partial charge on any atom is -0.497 e. The van der Waals surface area contributed by atoms with Crippen LogP contribution in [0.3, 0.4) is 0 Å². The van der Waals surface area contributed by atoms with Gasteiger partial charge in [-0.15, -0.1) is 0 Å². The van der Waals surface area contributed by atoms with Gasteiger partial charge in [-0.05, 0) is 84.3 Å². The Balaban J connectivity index is 1.23. The van der Waals surface area contributed by atoms with Gasteiger partial charge >= 0.3 is 0 Å². The first-order valence-electron chi connectivity index (χ1n) is 14.0. The summed E-state index contributed by atoms with van der Waals surface area (Å²) in [6.07, 6.45) is 4.52. The van der Waals surface area contributed by atoms with Crippen molar-refractivity contribution < 1.29 is 14.3 Å². The van der Waals surface area contributed by atoms with Crippen molar-refractivity contribution in [3.8, 4) is 28.4 Å². The lowest BCUT2D eigenvalue weighted by Gasteiger charge is -2.14. The van der Waals surface area contributed by atoms with Crippen molar-refractivity contribution in [3.05, 3.63) is 136 Å². The SMILES string of the molecule is COc1ccc(CCN2C(=O)C(=Cc3cn(-c4ccccc4)nc3-c3ccc(OCc4ccc(Cl)cc4)cc3)SC2=S)cc1. The molecule has 4 aromatic carbocycles. The molecule has 0 saturated carbocycles. The van der Waals surface area contributed by atoms with Crippen molar-refractivity contribution in [2.24, 2.45) is 0 Å². The number of rotatable bonds is 10. The first-order valence-corrected chi connectivity index (χ1v) is 15.6. The van der Waals surface area contributed by atoms with E-state index < -0.39 is 0 Å². The molecule has 1 fully saturated rings. The molecule has 44 heavy (non-hydrogen) atoms. The highest BCUT2D eigenvalue weighted by molar-refractivity contribution is 8.26. The van der Waals surface area contributed by atoms with Gasteiger partial charge in [0.05, 0.1) is 23.4 Å². The minimum absolute atomic E-state index is 0.0992. The number of thiocarbonyl (C=S) groups is 1. The van der Waals surface area contributed by atoms with Crippen LogP contribution in [0.1, 0.15) is 16.7 Å². The summed E-state index contributed by atoms with van der Waals surface area (Å²) in [5.74, 6) is 1.44. The van der Waals surface area contributed by atoms with Crippen molar-refractivity contribution in [3.63, 3.8) is 0 Å². The van der Waals surface area contributed by atoms with Gasteiger partial charge in [-0.25, -0.2) is 4.68 Å². The van der Waals surface area contributed by atoms with E-state index in [-0.39, 0.29) is 5.91 Å². The fraction of sp³-hybridized carbons (Fsp3) is 0.114. The van der Waals surface area contributed by atoms with Gasteiger partial charge < -0.3 is 9.47 Å². The number of methoxy groups -OCH3 is 1. The van der Waals surface area contributed by atoms with Gasteiger partial charge in [0.15, 0.2) is 0 Å². The number of benzene rings is 4. The molecule has 6 rings (SSSR count). The van der Waals surface area contributed by atoms with Gasteiger partial charge in [0.1, 0.15) is 22.4 Å². The highest BCUT2D eigenvalue weighted by atomic mass is 35.5. The average Bonchev–Trinajstić information content (AvgIpc) is 3.60. The second-order valence-electron chi connectivity index (χ2n) is 10.1. The van der Waals surface area contributed by atoms with E-state index in [0.29, 0.717) is 33.8 Å². The molecule has 1 aliphatic heterocycles. The lowest BCUT2D eigenvalue weighted by Crippen LogP contribution is -2.30. The largest absolute Gasteiger partial charge is 0.497 e. The molecule has 9 heteroatoms. The van der Waals surface area contributed by atoms with E-state index in [1.54, 1.807) is 12.0 Å². The molecule has 220 valence electrons. The van der Waals surface area contributed by atoms with Crippen LogP contribution >= 0.6 is 35.6 Å². The van der Waals surface area contributed by atoms with Gasteiger partial charge in [0.25, 0.3) is 5.91 Å². The first-order chi connectivity index (χ1) is 21.5. The molecular formula is C35H28ClN3O3S2. The van der Waals surface area contributed by atoms with Gasteiger partial charge in [0, 0.05) is 28.9 Å². The van der Waals surface area contributed by atoms with Crippen LogP contribution in [0.15, 0.2) is 114 Å². The zero-order chi connectivity index (χ0) is 30.5. The maximum Gasteiger partial charge on any atom is 0.266 e. The van der Waals surface area contributed by atoms with E-state index in [9.17, 15) is 4.79 Å². The number of carbonyl (C=O) groups is 1. The highest BCUT2D eigenvalue weighted by Crippen LogP contribution is 2.35. The van der Waals surface area contributed by atoms with Crippen molar-refractivity contribution in [2.75, 3.05) is 13.7 Å². The summed E-state index contributed by atoms with van der Waals surface area (Å²) >= 11 is 12.9. The smallest absolute Gasteiger partial charge is 0.266 e. The predicted octanol–water partition coefficient (Wildman–Crippen LogP) is 8.22. The number of hydrogen-bond donors (Lipinski definition) is 0. The Hall–Kier alpha value is -4.37. The molecule has 0 unspecified atom stereocenters. The molecule has 2 heterocycles. The Kier molecular flexibility index (Phi) is 9.12. The van der Waals surface area contributed by atoms with E-state index in [1.807, 2.05) is 120 Å². The highest BCUT2D eigenvalue weighted by Gasteiger charge is 2.32. The third-order valence-corrected chi connectivity index (χ3v) is 8.78. The van der Waals surface area contributed by atoms with Crippen LogP contribution in [0.25, 0.3) is 23.0 Å². The Morgan fingerprint density at radius 2 is 1.57 bits per heavy atom. The summed E-state index contributed by atoms with van der Waals surface area (Å²) < 4.78 is 13.6. The minimum atomic E-state index is -0.0992. The second-order valence-corrected chi connectivity index (χ2v) is 12.2. The molecule has 0 bridgehead atoms. The number of carbonyl (C=O) groups excluding carboxylic acids is 1. The summed E-state index contributed by atoms with van der Waals surface area (Å²) in [7, 11) is 1.64. The van der Waals surface area contributed by atoms with Crippen LogP contribution in [-0.4, -0.2) is 38.6 Å². The Morgan fingerprint density at radius 1 is 0.886 bits per heavy atom. The zero-order valence-electron chi connectivity index (χ0n) is 23.9. The number of hydrogen-bond acceptors (Lipinski definition) is 6. The van der Waals surface area contributed by atoms with E-state index >= 15 is 0 Å². The third-order valence-electron chi connectivity index (χ3n) is 7.15. The molecule has 6 nitrogen and oxygen atoms in total. The summed E-state index contributed by atoms with van der Waals surface area (Å²) in [6.45, 7) is 0.937. The maximum absolute atomic E-state index is 13.5. The van der Waals surface area contributed by atoms with Gasteiger partial charge in [-0.1, -0.05) is 78.0 Å². The van der Waals surface area contributed by atoms with Crippen molar-refractivity contribution >= 4 is 51.9 Å². The molecule has 1 aliphatic rings. The first kappa shape index (κ1) is 29.7. The Morgan fingerprint density at radius 3 is 2.27 bits per heavy atom. The van der Waals surface area contributed by atoms with E-state index in [1.165, 1.54) is 11.8 Å². The molecule has 1 aromatic heterocycles. The summed E-state index contributed by atoms with van der Waals surface area (Å²) in [5, 5.41) is 5.61. The van der Waals surface area contributed by atoms with Gasteiger partial charge in [-0.3, -0.25) is 9.69 Å². The van der Waals surface area contributed by atoms with Crippen LogP contribution in [0.4, 0.5) is 0 Å². The summed E-state index contributed by atoms with van der Waals surface area (Å²) in [6, 6.07) is 33.1. The molecule has 1 saturated heterocycles. The van der Waals surface area contributed by atoms with Crippen LogP contribution in [-0.2, 0) is 17.8 Å². The molecule has 0 spiro atoms. The number of nitrogens with zero attached hydrogens (tertiary/aromatic N) is 3. The van der Waals surface area contributed by atoms with Crippen LogP contribution in [0.2, 0.25) is 5.02 Å². The van der Waals surface area contributed by atoms with Crippen LogP contribution in [0, 0.1) is 0 Å². The molecule has 0 N–H and O–H groups in total. The van der Waals surface area contributed by atoms with Gasteiger partial charge in [-0.2, -0.15) is 5.10 Å². The number of para-hydroxylation sites is 1. The van der Waals surface area contributed by atoms with Crippen LogP contribution in [0.5, 0.6) is 11.5 Å². The van der Waals surface area contributed by atoms with E-state index in [0.717, 1.165) is 45.1 Å². The molecular weight excluding hydrogens is 610 g/mol. The maximum atomic E-state index is 13.5. The fourth-order valence-electron chi connectivity index (χ4n) is 4.75. The standard InChI is InChI=1S/C35H28ClN3O3S2/c1-41-30-15-9-24(10-16-30)19-20-38-34(40)32(44-35(38)43)21-27-22-39(29-5-3-2-4-6-29)37-33(27)26-11-17-31(18-12-26)42-23-25-7-13-28(36)14-8-25/h2-18,21-22H,19-20,23H2,1H3. The lowest BCUT2D eigenvalue weighted by molar-refractivity contribution is -0.122. The number of ether oxygens (including phenoxy) is 2. The third kappa shape index (κ3) is 6.89. The van der Waals surface area contributed by atoms with Crippen LogP contribution < -0.4 is 9.47 Å². The van der Waals surface area contributed by atoms with Crippen molar-refractivity contribution in [1.29, 1.82) is 0 Å². The second kappa shape index (κ2) is 13.5. The fourth-order valence-corrected chi connectivity index (χ4v) is 6.18.